The molecule has 1 saturated heterocycles. The van der Waals surface area contributed by atoms with E-state index in [0.717, 1.165) is 0 Å². The molecule has 1 N–H and O–H groups in total. The highest BCUT2D eigenvalue weighted by Crippen LogP contribution is 2.24. The van der Waals surface area contributed by atoms with E-state index < -0.39 is 17.0 Å². The van der Waals surface area contributed by atoms with Crippen LogP contribution < -0.4 is 5.32 Å². The summed E-state index contributed by atoms with van der Waals surface area (Å²) in [7, 11) is 0. The Morgan fingerprint density at radius 3 is 2.90 bits per heavy atom. The molecular weight excluding hydrogens is 264 g/mol. The van der Waals surface area contributed by atoms with Crippen molar-refractivity contribution in [2.45, 2.75) is 25.9 Å². The van der Waals surface area contributed by atoms with Gasteiger partial charge in [0.05, 0.1) is 4.92 Å². The summed E-state index contributed by atoms with van der Waals surface area (Å²) in [4.78, 5) is 34.0. The van der Waals surface area contributed by atoms with Crippen LogP contribution >= 0.6 is 0 Å². The number of aryl methyl sites for hydroxylation is 1. The summed E-state index contributed by atoms with van der Waals surface area (Å²) >= 11 is 0. The number of carbonyl (C=O) groups excluding carboxylic acids is 2. The van der Waals surface area contributed by atoms with Crippen LogP contribution in [-0.4, -0.2) is 29.4 Å². The van der Waals surface area contributed by atoms with Gasteiger partial charge in [0.25, 0.3) is 11.6 Å². The number of nitrogens with zero attached hydrogens (tertiary/aromatic N) is 1. The summed E-state index contributed by atoms with van der Waals surface area (Å²) in [6, 6.07) is 4.41. The Kier molecular flexibility index (Phi) is 3.97. The average Bonchev–Trinajstić information content (AvgIpc) is 2.40. The first kappa shape index (κ1) is 14.0. The maximum absolute atomic E-state index is 12.0. The van der Waals surface area contributed by atoms with Gasteiger partial charge in [0.2, 0.25) is 0 Å². The molecule has 7 nitrogen and oxygen atoms in total. The first-order chi connectivity index (χ1) is 9.50. The molecule has 1 amide bonds. The predicted molar refractivity (Wildman–Crippen MR) is 69.3 cm³/mol. The number of carbonyl (C=O) groups is 2. The summed E-state index contributed by atoms with van der Waals surface area (Å²) in [6.07, 6.45) is 0.257. The van der Waals surface area contributed by atoms with Gasteiger partial charge in [-0.25, -0.2) is 4.79 Å². The Bertz CT molecular complexity index is 570. The molecule has 0 radical (unpaired) electrons. The summed E-state index contributed by atoms with van der Waals surface area (Å²) in [5.74, 6) is -1.21. The van der Waals surface area contributed by atoms with Gasteiger partial charge in [0.1, 0.15) is 5.56 Å². The van der Waals surface area contributed by atoms with Crippen molar-refractivity contribution in [1.29, 1.82) is 0 Å². The summed E-state index contributed by atoms with van der Waals surface area (Å²) in [5.41, 5.74) is -0.0420. The van der Waals surface area contributed by atoms with Crippen molar-refractivity contribution in [2.75, 3.05) is 6.54 Å². The average molecular weight is 278 g/mol. The van der Waals surface area contributed by atoms with Crippen LogP contribution in [0.5, 0.6) is 0 Å². The molecule has 0 bridgehead atoms. The lowest BCUT2D eigenvalue weighted by atomic mass is 10.1. The monoisotopic (exact) mass is 278 g/mol. The molecule has 0 aromatic heterocycles. The number of rotatable bonds is 3. The zero-order valence-electron chi connectivity index (χ0n) is 10.9. The number of para-hydroxylation sites is 1. The van der Waals surface area contributed by atoms with E-state index in [1.165, 1.54) is 6.07 Å². The first-order valence-electron chi connectivity index (χ1n) is 6.23. The second-order valence-corrected chi connectivity index (χ2v) is 4.56. The van der Waals surface area contributed by atoms with E-state index in [1.54, 1.807) is 19.1 Å². The van der Waals surface area contributed by atoms with Gasteiger partial charge >= 0.3 is 5.97 Å². The van der Waals surface area contributed by atoms with E-state index in [0.29, 0.717) is 24.9 Å². The minimum Gasteiger partial charge on any atom is -0.448 e. The van der Waals surface area contributed by atoms with Crippen molar-refractivity contribution in [3.05, 3.63) is 39.4 Å². The lowest BCUT2D eigenvalue weighted by Gasteiger charge is -2.21. The molecular formula is C13H14N2O5. The fourth-order valence-electron chi connectivity index (χ4n) is 2.12. The standard InChI is InChI=1S/C13H14N2O5/c1-8-4-2-5-9(11(8)15(18)19)13(17)20-10-6-3-7-14-12(10)16/h2,4-5,10H,3,6-7H2,1H3,(H,14,16)/t10-/m1/s1. The van der Waals surface area contributed by atoms with Gasteiger partial charge in [-0.2, -0.15) is 0 Å². The molecule has 1 heterocycles. The Morgan fingerprint density at radius 1 is 1.50 bits per heavy atom. The topological polar surface area (TPSA) is 98.5 Å². The number of nitrogens with one attached hydrogen (secondary N) is 1. The fourth-order valence-corrected chi connectivity index (χ4v) is 2.12. The highest BCUT2D eigenvalue weighted by atomic mass is 16.6. The van der Waals surface area contributed by atoms with E-state index in [2.05, 4.69) is 5.32 Å². The maximum Gasteiger partial charge on any atom is 0.345 e. The number of ether oxygens (including phenoxy) is 1. The van der Waals surface area contributed by atoms with Gasteiger partial charge in [0.15, 0.2) is 6.10 Å². The van der Waals surface area contributed by atoms with Gasteiger partial charge in [0, 0.05) is 12.1 Å². The smallest absolute Gasteiger partial charge is 0.345 e. The minimum atomic E-state index is -0.878. The van der Waals surface area contributed by atoms with Crippen molar-refractivity contribution < 1.29 is 19.2 Å². The van der Waals surface area contributed by atoms with Crippen LogP contribution in [-0.2, 0) is 9.53 Å². The Balaban J connectivity index is 2.23. The van der Waals surface area contributed by atoms with Crippen LogP contribution in [0.4, 0.5) is 5.69 Å². The second-order valence-electron chi connectivity index (χ2n) is 4.56. The van der Waals surface area contributed by atoms with Gasteiger partial charge in [-0.3, -0.25) is 14.9 Å². The maximum atomic E-state index is 12.0. The third kappa shape index (κ3) is 2.76. The summed E-state index contributed by atoms with van der Waals surface area (Å²) in [5, 5.41) is 13.6. The number of piperidine rings is 1. The zero-order chi connectivity index (χ0) is 14.7. The van der Waals surface area contributed by atoms with E-state index in [1.807, 2.05) is 0 Å². The molecule has 0 aliphatic carbocycles. The highest BCUT2D eigenvalue weighted by molar-refractivity contribution is 5.96. The van der Waals surface area contributed by atoms with Crippen molar-refractivity contribution >= 4 is 17.6 Å². The number of esters is 1. The molecule has 7 heteroatoms. The number of hydrogen-bond donors (Lipinski definition) is 1. The van der Waals surface area contributed by atoms with Gasteiger partial charge in [-0.05, 0) is 25.8 Å². The third-order valence-corrected chi connectivity index (χ3v) is 3.12. The molecule has 0 unspecified atom stereocenters. The van der Waals surface area contributed by atoms with E-state index in [-0.39, 0.29) is 17.2 Å². The largest absolute Gasteiger partial charge is 0.448 e. The Morgan fingerprint density at radius 2 is 2.25 bits per heavy atom. The number of nitro benzene ring substituents is 1. The summed E-state index contributed by atoms with van der Waals surface area (Å²) < 4.78 is 5.08. The minimum absolute atomic E-state index is 0.131. The van der Waals surface area contributed by atoms with Crippen LogP contribution in [0, 0.1) is 17.0 Å². The Hall–Kier alpha value is -2.44. The molecule has 0 spiro atoms. The normalized spacial score (nSPS) is 18.2. The van der Waals surface area contributed by atoms with Crippen molar-refractivity contribution in [3.63, 3.8) is 0 Å². The van der Waals surface area contributed by atoms with Crippen LogP contribution in [0.25, 0.3) is 0 Å². The number of amides is 1. The van der Waals surface area contributed by atoms with Gasteiger partial charge in [-0.15, -0.1) is 0 Å². The van der Waals surface area contributed by atoms with Crippen LogP contribution in [0.2, 0.25) is 0 Å². The van der Waals surface area contributed by atoms with E-state index in [4.69, 9.17) is 4.74 Å². The number of nitro groups is 1. The molecule has 0 saturated carbocycles. The summed E-state index contributed by atoms with van der Waals surface area (Å²) in [6.45, 7) is 2.10. The molecule has 1 aromatic rings. The lowest BCUT2D eigenvalue weighted by molar-refractivity contribution is -0.385. The molecule has 1 atom stereocenters. The van der Waals surface area contributed by atoms with Crippen LogP contribution in [0.1, 0.15) is 28.8 Å². The first-order valence-corrected chi connectivity index (χ1v) is 6.23. The van der Waals surface area contributed by atoms with Crippen LogP contribution in [0.15, 0.2) is 18.2 Å². The van der Waals surface area contributed by atoms with Crippen molar-refractivity contribution in [2.24, 2.45) is 0 Å². The van der Waals surface area contributed by atoms with Crippen molar-refractivity contribution in [3.8, 4) is 0 Å². The number of hydrogen-bond acceptors (Lipinski definition) is 5. The highest BCUT2D eigenvalue weighted by Gasteiger charge is 2.30. The molecule has 1 aliphatic heterocycles. The molecule has 1 aliphatic rings. The fraction of sp³-hybridized carbons (Fsp3) is 0.385. The number of benzene rings is 1. The third-order valence-electron chi connectivity index (χ3n) is 3.12. The van der Waals surface area contributed by atoms with E-state index >= 15 is 0 Å². The quantitative estimate of drug-likeness (QED) is 0.511. The van der Waals surface area contributed by atoms with E-state index in [9.17, 15) is 19.7 Å². The molecule has 2 rings (SSSR count). The van der Waals surface area contributed by atoms with Gasteiger partial charge < -0.3 is 10.1 Å². The molecule has 1 aromatic carbocycles. The zero-order valence-corrected chi connectivity index (χ0v) is 10.9. The van der Waals surface area contributed by atoms with Crippen molar-refractivity contribution in [1.82, 2.24) is 5.32 Å². The molecule has 20 heavy (non-hydrogen) atoms. The SMILES string of the molecule is Cc1cccc(C(=O)O[C@@H]2CCCNC2=O)c1[N+](=O)[O-]. The predicted octanol–water partition coefficient (Wildman–Crippen LogP) is 1.34. The lowest BCUT2D eigenvalue weighted by Crippen LogP contribution is -2.42. The van der Waals surface area contributed by atoms with Gasteiger partial charge in [-0.1, -0.05) is 12.1 Å². The second kappa shape index (κ2) is 5.68. The Labute approximate surface area is 115 Å². The molecule has 106 valence electrons. The molecule has 1 fully saturated rings. The van der Waals surface area contributed by atoms with Crippen LogP contribution in [0.3, 0.4) is 0 Å².